The van der Waals surface area contributed by atoms with E-state index >= 15 is 0 Å². The number of carbonyl (C=O) groups is 1. The lowest BCUT2D eigenvalue weighted by Gasteiger charge is -2.35. The molecule has 1 aromatic carbocycles. The van der Waals surface area contributed by atoms with Crippen LogP contribution in [0.25, 0.3) is 0 Å². The number of hydrogen-bond acceptors (Lipinski definition) is 4. The highest BCUT2D eigenvalue weighted by Gasteiger charge is 2.37. The molecule has 0 aliphatic carbocycles. The molecule has 4 aromatic rings. The van der Waals surface area contributed by atoms with Crippen LogP contribution >= 0.6 is 0 Å². The third-order valence-electron chi connectivity index (χ3n) is 5.20. The molecule has 31 heavy (non-hydrogen) atoms. The number of anilines is 1. The molecule has 0 fully saturated rings. The lowest BCUT2D eigenvalue weighted by molar-refractivity contribution is -0.114. The monoisotopic (exact) mass is 412 g/mol. The van der Waals surface area contributed by atoms with Crippen molar-refractivity contribution in [2.45, 2.75) is 18.8 Å². The van der Waals surface area contributed by atoms with Crippen LogP contribution in [0.15, 0.2) is 91.5 Å². The molecule has 0 atom stereocenters. The molecule has 3 heterocycles. The summed E-state index contributed by atoms with van der Waals surface area (Å²) in [5.74, 6) is -0.00912. The summed E-state index contributed by atoms with van der Waals surface area (Å²) in [6, 6.07) is 19.8. The zero-order valence-electron chi connectivity index (χ0n) is 17.0. The molecule has 6 heteroatoms. The molecule has 0 bridgehead atoms. The average molecular weight is 412 g/mol. The molecule has 0 radical (unpaired) electrons. The minimum Gasteiger partial charge on any atom is -0.311 e. The Balaban J connectivity index is 1.94. The number of amides is 1. The second-order valence-electron chi connectivity index (χ2n) is 7.27. The molecular formula is C25H21FN4O. The number of nitrogens with zero attached hydrogens (tertiary/aromatic N) is 3. The number of benzene rings is 1. The van der Waals surface area contributed by atoms with Gasteiger partial charge >= 0.3 is 0 Å². The van der Waals surface area contributed by atoms with Crippen molar-refractivity contribution in [2.75, 3.05) is 5.32 Å². The van der Waals surface area contributed by atoms with Crippen molar-refractivity contribution in [3.63, 3.8) is 0 Å². The summed E-state index contributed by atoms with van der Waals surface area (Å²) < 4.78 is 13.8. The van der Waals surface area contributed by atoms with Gasteiger partial charge in [-0.2, -0.15) is 0 Å². The number of nitrogens with one attached hydrogen (secondary N) is 1. The van der Waals surface area contributed by atoms with Gasteiger partial charge in [-0.3, -0.25) is 14.8 Å². The minimum atomic E-state index is -0.710. The van der Waals surface area contributed by atoms with Crippen molar-refractivity contribution in [3.05, 3.63) is 120 Å². The number of halogens is 1. The summed E-state index contributed by atoms with van der Waals surface area (Å²) in [6.45, 7) is 1.45. The van der Waals surface area contributed by atoms with E-state index in [1.54, 1.807) is 30.6 Å². The fourth-order valence-corrected chi connectivity index (χ4v) is 3.87. The van der Waals surface area contributed by atoms with E-state index in [0.29, 0.717) is 12.2 Å². The van der Waals surface area contributed by atoms with E-state index in [1.807, 2.05) is 48.8 Å². The van der Waals surface area contributed by atoms with Crippen molar-refractivity contribution >= 4 is 11.7 Å². The normalized spacial score (nSPS) is 11.2. The van der Waals surface area contributed by atoms with Gasteiger partial charge in [0.15, 0.2) is 0 Å². The van der Waals surface area contributed by atoms with Gasteiger partial charge in [0.2, 0.25) is 5.91 Å². The van der Waals surface area contributed by atoms with E-state index < -0.39 is 5.41 Å². The average Bonchev–Trinajstić information content (AvgIpc) is 2.79. The Morgan fingerprint density at radius 2 is 1.52 bits per heavy atom. The fraction of sp³-hybridized carbons (Fsp3) is 0.120. The van der Waals surface area contributed by atoms with Gasteiger partial charge in [0.25, 0.3) is 0 Å². The molecule has 1 N–H and O–H groups in total. The van der Waals surface area contributed by atoms with Gasteiger partial charge in [0, 0.05) is 43.8 Å². The van der Waals surface area contributed by atoms with Crippen LogP contribution in [0.4, 0.5) is 10.2 Å². The largest absolute Gasteiger partial charge is 0.311 e. The molecule has 0 saturated carbocycles. The number of rotatable bonds is 6. The molecular weight excluding hydrogens is 391 g/mol. The van der Waals surface area contributed by atoms with Gasteiger partial charge < -0.3 is 5.32 Å². The SMILES string of the molecule is CC(=O)Nc1cccc(CC(c2ccc(F)cc2)(c2cccnc2)c2cccnc2)n1. The standard InChI is InChI=1S/C25H21FN4O/c1-18(31)29-24-8-2-7-23(30-24)15-25(20-5-3-13-27-16-20,21-6-4-14-28-17-21)19-9-11-22(26)12-10-19/h2-14,16-17H,15H2,1H3,(H,29,30,31). The smallest absolute Gasteiger partial charge is 0.222 e. The Hall–Kier alpha value is -3.93. The summed E-state index contributed by atoms with van der Waals surface area (Å²) in [5, 5.41) is 2.73. The summed E-state index contributed by atoms with van der Waals surface area (Å²) in [4.78, 5) is 24.8. The molecule has 0 unspecified atom stereocenters. The topological polar surface area (TPSA) is 67.8 Å². The number of pyridine rings is 3. The van der Waals surface area contributed by atoms with Crippen molar-refractivity contribution < 1.29 is 9.18 Å². The van der Waals surface area contributed by atoms with Crippen LogP contribution in [0.2, 0.25) is 0 Å². The van der Waals surface area contributed by atoms with Gasteiger partial charge in [-0.15, -0.1) is 0 Å². The zero-order valence-corrected chi connectivity index (χ0v) is 17.0. The minimum absolute atomic E-state index is 0.186. The second kappa shape index (κ2) is 8.83. The molecule has 0 spiro atoms. The molecule has 154 valence electrons. The number of carbonyl (C=O) groups excluding carboxylic acids is 1. The van der Waals surface area contributed by atoms with E-state index in [1.165, 1.54) is 19.1 Å². The first-order chi connectivity index (χ1) is 15.1. The third kappa shape index (κ3) is 4.33. The molecule has 1 amide bonds. The van der Waals surface area contributed by atoms with Crippen LogP contribution < -0.4 is 5.32 Å². The predicted molar refractivity (Wildman–Crippen MR) is 117 cm³/mol. The highest BCUT2D eigenvalue weighted by Crippen LogP contribution is 2.41. The lowest BCUT2D eigenvalue weighted by atomic mass is 9.67. The first-order valence-corrected chi connectivity index (χ1v) is 9.88. The van der Waals surface area contributed by atoms with Crippen molar-refractivity contribution in [1.29, 1.82) is 0 Å². The van der Waals surface area contributed by atoms with E-state index in [2.05, 4.69) is 20.3 Å². The summed E-state index contributed by atoms with van der Waals surface area (Å²) in [7, 11) is 0. The van der Waals surface area contributed by atoms with Crippen molar-refractivity contribution in [2.24, 2.45) is 0 Å². The third-order valence-corrected chi connectivity index (χ3v) is 5.20. The summed E-state index contributed by atoms with van der Waals surface area (Å²) >= 11 is 0. The second-order valence-corrected chi connectivity index (χ2v) is 7.27. The van der Waals surface area contributed by atoms with Gasteiger partial charge in [0.05, 0.1) is 5.41 Å². The Labute approximate surface area is 180 Å². The van der Waals surface area contributed by atoms with Crippen molar-refractivity contribution in [3.8, 4) is 0 Å². The highest BCUT2D eigenvalue weighted by atomic mass is 19.1. The van der Waals surface area contributed by atoms with E-state index in [9.17, 15) is 9.18 Å². The summed E-state index contributed by atoms with van der Waals surface area (Å²) in [6.07, 6.45) is 7.53. The maximum Gasteiger partial charge on any atom is 0.222 e. The molecule has 3 aromatic heterocycles. The van der Waals surface area contributed by atoms with Gasteiger partial charge in [-0.25, -0.2) is 9.37 Å². The van der Waals surface area contributed by atoms with Crippen LogP contribution in [0.5, 0.6) is 0 Å². The van der Waals surface area contributed by atoms with Crippen LogP contribution in [0.3, 0.4) is 0 Å². The van der Waals surface area contributed by atoms with E-state index in [0.717, 1.165) is 22.4 Å². The Bertz CT molecular complexity index is 1130. The molecule has 0 saturated heterocycles. The number of aromatic nitrogens is 3. The predicted octanol–water partition coefficient (Wildman–Crippen LogP) is 4.55. The first kappa shape index (κ1) is 20.3. The summed E-state index contributed by atoms with van der Waals surface area (Å²) in [5.41, 5.74) is 2.81. The molecule has 5 nitrogen and oxygen atoms in total. The Kier molecular flexibility index (Phi) is 5.80. The maximum atomic E-state index is 13.8. The lowest BCUT2D eigenvalue weighted by Crippen LogP contribution is -2.33. The quantitative estimate of drug-likeness (QED) is 0.505. The Morgan fingerprint density at radius 3 is 2.06 bits per heavy atom. The van der Waals surface area contributed by atoms with Gasteiger partial charge in [0.1, 0.15) is 11.6 Å². The van der Waals surface area contributed by atoms with E-state index in [-0.39, 0.29) is 11.7 Å². The maximum absolute atomic E-state index is 13.8. The highest BCUT2D eigenvalue weighted by molar-refractivity contribution is 5.87. The van der Waals surface area contributed by atoms with Crippen LogP contribution in [-0.2, 0) is 16.6 Å². The Morgan fingerprint density at radius 1 is 0.871 bits per heavy atom. The first-order valence-electron chi connectivity index (χ1n) is 9.88. The molecule has 4 rings (SSSR count). The van der Waals surface area contributed by atoms with Gasteiger partial charge in [-0.05, 0) is 53.1 Å². The van der Waals surface area contributed by atoms with Crippen LogP contribution in [0, 0.1) is 5.82 Å². The number of hydrogen-bond donors (Lipinski definition) is 1. The molecule has 0 aliphatic heterocycles. The van der Waals surface area contributed by atoms with Gasteiger partial charge in [-0.1, -0.05) is 30.3 Å². The zero-order chi connectivity index (χ0) is 21.7. The van der Waals surface area contributed by atoms with Crippen LogP contribution in [0.1, 0.15) is 29.3 Å². The van der Waals surface area contributed by atoms with Crippen molar-refractivity contribution in [1.82, 2.24) is 15.0 Å². The fourth-order valence-electron chi connectivity index (χ4n) is 3.87. The van der Waals surface area contributed by atoms with E-state index in [4.69, 9.17) is 0 Å². The van der Waals surface area contributed by atoms with Crippen LogP contribution in [-0.4, -0.2) is 20.9 Å². The molecule has 0 aliphatic rings.